The van der Waals surface area contributed by atoms with Crippen molar-refractivity contribution in [1.82, 2.24) is 0 Å². The quantitative estimate of drug-likeness (QED) is 0.895. The van der Waals surface area contributed by atoms with Gasteiger partial charge in [-0.3, -0.25) is 4.79 Å². The monoisotopic (exact) mass is 282 g/mol. The van der Waals surface area contributed by atoms with E-state index >= 15 is 0 Å². The average Bonchev–Trinajstić information content (AvgIpc) is 2.15. The van der Waals surface area contributed by atoms with Crippen LogP contribution in [-0.4, -0.2) is 12.1 Å². The van der Waals surface area contributed by atoms with Crippen molar-refractivity contribution in [1.29, 1.82) is 0 Å². The van der Waals surface area contributed by atoms with Crippen LogP contribution in [0, 0.1) is 0 Å². The molecule has 0 bridgehead atoms. The maximum Gasteiger partial charge on any atom is 0.397 e. The lowest BCUT2D eigenvalue weighted by molar-refractivity contribution is -0.150. The van der Waals surface area contributed by atoms with Crippen molar-refractivity contribution in [3.8, 4) is 0 Å². The Bertz CT molecular complexity index is 390. The molecule has 1 aromatic carbocycles. The summed E-state index contributed by atoms with van der Waals surface area (Å²) in [7, 11) is 0. The van der Waals surface area contributed by atoms with Crippen LogP contribution in [0.4, 0.5) is 18.9 Å². The molecule has 1 unspecified atom stereocenters. The molecule has 0 aliphatic carbocycles. The Balaban J connectivity index is 0.00000289. The zero-order chi connectivity index (χ0) is 13.1. The molecule has 0 spiro atoms. The first-order chi connectivity index (χ1) is 7.78. The van der Waals surface area contributed by atoms with Crippen molar-refractivity contribution >= 4 is 24.0 Å². The van der Waals surface area contributed by atoms with E-state index in [0.29, 0.717) is 5.69 Å². The first-order valence-corrected chi connectivity index (χ1v) is 5.00. The van der Waals surface area contributed by atoms with Crippen LogP contribution in [0.15, 0.2) is 24.3 Å². The molecule has 0 saturated heterocycles. The molecule has 102 valence electrons. The number of carbonyl (C=O) groups excluding carboxylic acids is 1. The highest BCUT2D eigenvalue weighted by molar-refractivity contribution is 5.91. The van der Waals surface area contributed by atoms with Gasteiger partial charge in [0, 0.05) is 11.7 Å². The summed E-state index contributed by atoms with van der Waals surface area (Å²) >= 11 is 0. The van der Waals surface area contributed by atoms with Gasteiger partial charge in [-0.15, -0.1) is 12.4 Å². The summed E-state index contributed by atoms with van der Waals surface area (Å²) in [6.07, 6.45) is -5.97. The Morgan fingerprint density at radius 3 is 2.22 bits per heavy atom. The molecular weight excluding hydrogens is 269 g/mol. The van der Waals surface area contributed by atoms with Crippen LogP contribution in [0.3, 0.4) is 0 Å². The fraction of sp³-hybridized carbons (Fsp3) is 0.364. The molecule has 0 radical (unpaired) electrons. The van der Waals surface area contributed by atoms with E-state index in [2.05, 4.69) is 5.32 Å². The normalized spacial score (nSPS) is 12.5. The topological polar surface area (TPSA) is 55.1 Å². The molecule has 3 nitrogen and oxygen atoms in total. The third-order valence-electron chi connectivity index (χ3n) is 2.08. The summed E-state index contributed by atoms with van der Waals surface area (Å²) < 4.78 is 35.7. The minimum absolute atomic E-state index is 0. The second-order valence-corrected chi connectivity index (χ2v) is 3.75. The van der Waals surface area contributed by atoms with Gasteiger partial charge in [-0.05, 0) is 24.6 Å². The molecule has 0 heterocycles. The molecular formula is C11H14ClF3N2O. The highest BCUT2D eigenvalue weighted by atomic mass is 35.5. The van der Waals surface area contributed by atoms with E-state index in [4.69, 9.17) is 5.73 Å². The SMILES string of the molecule is CC(N)c1ccc(NC(=O)CC(F)(F)F)cc1.Cl. The van der Waals surface area contributed by atoms with E-state index < -0.39 is 18.5 Å². The van der Waals surface area contributed by atoms with Crippen molar-refractivity contribution in [2.24, 2.45) is 5.73 Å². The van der Waals surface area contributed by atoms with Gasteiger partial charge in [-0.25, -0.2) is 0 Å². The van der Waals surface area contributed by atoms with Gasteiger partial charge in [0.1, 0.15) is 6.42 Å². The second-order valence-electron chi connectivity index (χ2n) is 3.75. The molecule has 3 N–H and O–H groups in total. The number of halogens is 4. The Morgan fingerprint density at radius 1 is 1.33 bits per heavy atom. The van der Waals surface area contributed by atoms with Crippen molar-refractivity contribution in [3.63, 3.8) is 0 Å². The van der Waals surface area contributed by atoms with Gasteiger partial charge in [-0.1, -0.05) is 12.1 Å². The van der Waals surface area contributed by atoms with E-state index in [1.54, 1.807) is 19.1 Å². The summed E-state index contributed by atoms with van der Waals surface area (Å²) in [5.74, 6) is -1.08. The van der Waals surface area contributed by atoms with Crippen LogP contribution in [-0.2, 0) is 4.79 Å². The van der Waals surface area contributed by atoms with Crippen LogP contribution in [0.5, 0.6) is 0 Å². The van der Waals surface area contributed by atoms with Crippen molar-refractivity contribution in [2.75, 3.05) is 5.32 Å². The number of nitrogens with one attached hydrogen (secondary N) is 1. The molecule has 1 aromatic rings. The molecule has 1 rings (SSSR count). The van der Waals surface area contributed by atoms with Crippen molar-refractivity contribution < 1.29 is 18.0 Å². The number of rotatable bonds is 3. The largest absolute Gasteiger partial charge is 0.397 e. The molecule has 0 aromatic heterocycles. The highest BCUT2D eigenvalue weighted by Crippen LogP contribution is 2.21. The Kier molecular flexibility index (Phi) is 6.14. The number of anilines is 1. The minimum Gasteiger partial charge on any atom is -0.326 e. The number of nitrogens with two attached hydrogens (primary N) is 1. The van der Waals surface area contributed by atoms with Crippen LogP contribution >= 0.6 is 12.4 Å². The second kappa shape index (κ2) is 6.61. The number of hydrogen-bond donors (Lipinski definition) is 2. The van der Waals surface area contributed by atoms with Crippen LogP contribution in [0.2, 0.25) is 0 Å². The Morgan fingerprint density at radius 2 is 1.83 bits per heavy atom. The summed E-state index contributed by atoms with van der Waals surface area (Å²) in [6.45, 7) is 1.79. The predicted molar refractivity (Wildman–Crippen MR) is 65.6 cm³/mol. The van der Waals surface area contributed by atoms with E-state index in [9.17, 15) is 18.0 Å². The van der Waals surface area contributed by atoms with Crippen LogP contribution in [0.1, 0.15) is 24.9 Å². The van der Waals surface area contributed by atoms with Gasteiger partial charge in [-0.2, -0.15) is 13.2 Å². The van der Waals surface area contributed by atoms with Crippen molar-refractivity contribution in [2.45, 2.75) is 25.6 Å². The average molecular weight is 283 g/mol. The van der Waals surface area contributed by atoms with Crippen LogP contribution in [0.25, 0.3) is 0 Å². The first-order valence-electron chi connectivity index (χ1n) is 5.00. The predicted octanol–water partition coefficient (Wildman–Crippen LogP) is 3.02. The number of amides is 1. The Labute approximate surface area is 109 Å². The fourth-order valence-electron chi connectivity index (χ4n) is 1.26. The maximum absolute atomic E-state index is 11.9. The Hall–Kier alpha value is -1.27. The van der Waals surface area contributed by atoms with Gasteiger partial charge in [0.15, 0.2) is 0 Å². The summed E-state index contributed by atoms with van der Waals surface area (Å²) in [6, 6.07) is 6.21. The molecule has 18 heavy (non-hydrogen) atoms. The third kappa shape index (κ3) is 5.88. The van der Waals surface area contributed by atoms with E-state index in [-0.39, 0.29) is 18.4 Å². The molecule has 0 aliphatic rings. The summed E-state index contributed by atoms with van der Waals surface area (Å²) in [4.78, 5) is 11.0. The molecule has 0 aliphatic heterocycles. The minimum atomic E-state index is -4.49. The zero-order valence-electron chi connectivity index (χ0n) is 9.62. The van der Waals surface area contributed by atoms with E-state index in [1.807, 2.05) is 0 Å². The zero-order valence-corrected chi connectivity index (χ0v) is 10.4. The first kappa shape index (κ1) is 16.7. The number of carbonyl (C=O) groups is 1. The van der Waals surface area contributed by atoms with Gasteiger partial charge >= 0.3 is 6.18 Å². The van der Waals surface area contributed by atoms with Gasteiger partial charge in [0.05, 0.1) is 0 Å². The molecule has 7 heteroatoms. The van der Waals surface area contributed by atoms with E-state index in [0.717, 1.165) is 5.56 Å². The smallest absolute Gasteiger partial charge is 0.326 e. The molecule has 1 atom stereocenters. The van der Waals surface area contributed by atoms with E-state index in [1.165, 1.54) is 12.1 Å². The molecule has 0 saturated carbocycles. The van der Waals surface area contributed by atoms with Gasteiger partial charge in [0.25, 0.3) is 0 Å². The molecule has 1 amide bonds. The maximum atomic E-state index is 11.9. The lowest BCUT2D eigenvalue weighted by Crippen LogP contribution is -2.21. The number of hydrogen-bond acceptors (Lipinski definition) is 2. The third-order valence-corrected chi connectivity index (χ3v) is 2.08. The highest BCUT2D eigenvalue weighted by Gasteiger charge is 2.31. The van der Waals surface area contributed by atoms with Crippen molar-refractivity contribution in [3.05, 3.63) is 29.8 Å². The lowest BCUT2D eigenvalue weighted by Gasteiger charge is -2.09. The van der Waals surface area contributed by atoms with Crippen LogP contribution < -0.4 is 11.1 Å². The lowest BCUT2D eigenvalue weighted by atomic mass is 10.1. The summed E-state index contributed by atoms with van der Waals surface area (Å²) in [5.41, 5.74) is 6.78. The number of benzene rings is 1. The van der Waals surface area contributed by atoms with Gasteiger partial charge in [0.2, 0.25) is 5.91 Å². The summed E-state index contributed by atoms with van der Waals surface area (Å²) in [5, 5.41) is 2.16. The fourth-order valence-corrected chi connectivity index (χ4v) is 1.26. The standard InChI is InChI=1S/C11H13F3N2O.ClH/c1-7(15)8-2-4-9(5-3-8)16-10(17)6-11(12,13)14;/h2-5,7H,6,15H2,1H3,(H,16,17);1H. The molecule has 0 fully saturated rings. The van der Waals surface area contributed by atoms with Gasteiger partial charge < -0.3 is 11.1 Å². The number of alkyl halides is 3.